The van der Waals surface area contributed by atoms with E-state index in [1.165, 1.54) is 0 Å². The largest absolute Gasteiger partial charge is 0.312 e. The van der Waals surface area contributed by atoms with Gasteiger partial charge in [-0.2, -0.15) is 0 Å². The topological polar surface area (TPSA) is 47.8 Å². The molecule has 0 aliphatic heterocycles. The number of allylic oxidation sites excluding steroid dienone is 2. The number of aromatic nitrogens is 3. The molecule has 1 aromatic heterocycles. The number of carbonyl (C=O) groups excluding carboxylic acids is 1. The second-order valence-electron chi connectivity index (χ2n) is 3.58. The van der Waals surface area contributed by atoms with Gasteiger partial charge in [0.15, 0.2) is 0 Å². The molecule has 0 aromatic carbocycles. The maximum atomic E-state index is 11.9. The average Bonchev–Trinajstić information content (AvgIpc) is 2.77. The summed E-state index contributed by atoms with van der Waals surface area (Å²) in [6.45, 7) is 1.84. The van der Waals surface area contributed by atoms with E-state index in [9.17, 15) is 4.79 Å². The normalized spacial score (nSPS) is 15.7. The zero-order valence-electron chi connectivity index (χ0n) is 8.45. The summed E-state index contributed by atoms with van der Waals surface area (Å²) in [7, 11) is 1.82. The SMILES string of the molecule is Cc1nnc(C(=O)C2=CCCC2)n1C. The molecule has 4 heteroatoms. The maximum absolute atomic E-state index is 11.9. The zero-order chi connectivity index (χ0) is 10.1. The van der Waals surface area contributed by atoms with Gasteiger partial charge < -0.3 is 4.57 Å². The van der Waals surface area contributed by atoms with E-state index in [1.807, 2.05) is 20.0 Å². The number of hydrogen-bond acceptors (Lipinski definition) is 3. The molecule has 2 rings (SSSR count). The molecule has 0 atom stereocenters. The van der Waals surface area contributed by atoms with Crippen molar-refractivity contribution in [1.29, 1.82) is 0 Å². The fraction of sp³-hybridized carbons (Fsp3) is 0.500. The van der Waals surface area contributed by atoms with Gasteiger partial charge in [0.2, 0.25) is 11.6 Å². The van der Waals surface area contributed by atoms with Crippen LogP contribution < -0.4 is 0 Å². The summed E-state index contributed by atoms with van der Waals surface area (Å²) < 4.78 is 1.74. The van der Waals surface area contributed by atoms with Crippen molar-refractivity contribution < 1.29 is 4.79 Å². The predicted molar refractivity (Wildman–Crippen MR) is 52.0 cm³/mol. The van der Waals surface area contributed by atoms with Crippen LogP contribution in [-0.4, -0.2) is 20.5 Å². The quantitative estimate of drug-likeness (QED) is 0.664. The van der Waals surface area contributed by atoms with Crippen molar-refractivity contribution in [2.45, 2.75) is 26.2 Å². The lowest BCUT2D eigenvalue weighted by Gasteiger charge is -2.00. The first-order valence-electron chi connectivity index (χ1n) is 4.80. The van der Waals surface area contributed by atoms with E-state index in [4.69, 9.17) is 0 Å². The minimum atomic E-state index is 0.0330. The Balaban J connectivity index is 2.31. The lowest BCUT2D eigenvalue weighted by molar-refractivity contribution is 0.101. The van der Waals surface area contributed by atoms with E-state index in [-0.39, 0.29) is 5.78 Å². The van der Waals surface area contributed by atoms with Crippen LogP contribution in [0.3, 0.4) is 0 Å². The molecule has 0 saturated heterocycles. The summed E-state index contributed by atoms with van der Waals surface area (Å²) in [6, 6.07) is 0. The molecule has 0 spiro atoms. The molecule has 1 aromatic rings. The molecule has 0 bridgehead atoms. The Labute approximate surface area is 82.6 Å². The highest BCUT2D eigenvalue weighted by molar-refractivity contribution is 6.06. The minimum absolute atomic E-state index is 0.0330. The molecule has 74 valence electrons. The monoisotopic (exact) mass is 191 g/mol. The Morgan fingerprint density at radius 2 is 2.29 bits per heavy atom. The third-order valence-electron chi connectivity index (χ3n) is 2.63. The molecule has 1 aliphatic rings. The summed E-state index contributed by atoms with van der Waals surface area (Å²) in [4.78, 5) is 11.9. The van der Waals surface area contributed by atoms with Gasteiger partial charge in [0, 0.05) is 7.05 Å². The highest BCUT2D eigenvalue weighted by Crippen LogP contribution is 2.20. The van der Waals surface area contributed by atoms with Crippen LogP contribution in [0.15, 0.2) is 11.6 Å². The van der Waals surface area contributed by atoms with Crippen LogP contribution in [0, 0.1) is 6.92 Å². The van der Waals surface area contributed by atoms with Crippen LogP contribution in [0.25, 0.3) is 0 Å². The first-order chi connectivity index (χ1) is 6.70. The van der Waals surface area contributed by atoms with Gasteiger partial charge in [-0.25, -0.2) is 0 Å². The maximum Gasteiger partial charge on any atom is 0.226 e. The van der Waals surface area contributed by atoms with Gasteiger partial charge in [-0.15, -0.1) is 10.2 Å². The summed E-state index contributed by atoms with van der Waals surface area (Å²) in [6.07, 6.45) is 4.98. The van der Waals surface area contributed by atoms with E-state index in [0.717, 1.165) is 30.7 Å². The molecular weight excluding hydrogens is 178 g/mol. The highest BCUT2D eigenvalue weighted by atomic mass is 16.1. The molecule has 0 radical (unpaired) electrons. The summed E-state index contributed by atoms with van der Waals surface area (Å²) in [5.74, 6) is 1.26. The van der Waals surface area contributed by atoms with Crippen molar-refractivity contribution in [1.82, 2.24) is 14.8 Å². The van der Waals surface area contributed by atoms with Gasteiger partial charge in [0.05, 0.1) is 0 Å². The lowest BCUT2D eigenvalue weighted by atomic mass is 10.1. The molecule has 4 nitrogen and oxygen atoms in total. The highest BCUT2D eigenvalue weighted by Gasteiger charge is 2.20. The Hall–Kier alpha value is -1.45. The van der Waals surface area contributed by atoms with Crippen molar-refractivity contribution in [3.05, 3.63) is 23.3 Å². The van der Waals surface area contributed by atoms with Crippen LogP contribution in [-0.2, 0) is 7.05 Å². The van der Waals surface area contributed by atoms with Gasteiger partial charge in [-0.05, 0) is 31.8 Å². The number of aryl methyl sites for hydroxylation is 1. The Bertz CT molecular complexity index is 403. The average molecular weight is 191 g/mol. The Kier molecular flexibility index (Phi) is 2.19. The van der Waals surface area contributed by atoms with Crippen molar-refractivity contribution in [2.75, 3.05) is 0 Å². The predicted octanol–water partition coefficient (Wildman–Crippen LogP) is 1.42. The van der Waals surface area contributed by atoms with Crippen LogP contribution in [0.1, 0.15) is 35.7 Å². The first kappa shape index (κ1) is 9.12. The number of nitrogens with zero attached hydrogens (tertiary/aromatic N) is 3. The van der Waals surface area contributed by atoms with E-state index in [2.05, 4.69) is 10.2 Å². The van der Waals surface area contributed by atoms with Crippen LogP contribution in [0.5, 0.6) is 0 Å². The standard InChI is InChI=1S/C10H13N3O/c1-7-11-12-10(13(7)2)9(14)8-5-3-4-6-8/h5H,3-4,6H2,1-2H3. The van der Waals surface area contributed by atoms with Gasteiger partial charge in [-0.3, -0.25) is 4.79 Å². The fourth-order valence-electron chi connectivity index (χ4n) is 1.63. The molecule has 1 aliphatic carbocycles. The van der Waals surface area contributed by atoms with E-state index in [0.29, 0.717) is 5.82 Å². The molecule has 0 saturated carbocycles. The van der Waals surface area contributed by atoms with Crippen molar-refractivity contribution in [2.24, 2.45) is 7.05 Å². The number of carbonyl (C=O) groups is 1. The molecule has 0 unspecified atom stereocenters. The molecular formula is C10H13N3O. The smallest absolute Gasteiger partial charge is 0.226 e. The Morgan fingerprint density at radius 3 is 2.79 bits per heavy atom. The Morgan fingerprint density at radius 1 is 1.50 bits per heavy atom. The minimum Gasteiger partial charge on any atom is -0.312 e. The number of ketones is 1. The van der Waals surface area contributed by atoms with Crippen molar-refractivity contribution >= 4 is 5.78 Å². The number of Topliss-reactive ketones (excluding diaryl/α,β-unsaturated/α-hetero) is 1. The van der Waals surface area contributed by atoms with Crippen LogP contribution in [0.2, 0.25) is 0 Å². The molecule has 0 N–H and O–H groups in total. The second kappa shape index (κ2) is 3.36. The second-order valence-corrected chi connectivity index (χ2v) is 3.58. The third-order valence-corrected chi connectivity index (χ3v) is 2.63. The number of rotatable bonds is 2. The summed E-state index contributed by atoms with van der Waals surface area (Å²) >= 11 is 0. The van der Waals surface area contributed by atoms with Gasteiger partial charge >= 0.3 is 0 Å². The van der Waals surface area contributed by atoms with E-state index in [1.54, 1.807) is 4.57 Å². The van der Waals surface area contributed by atoms with Crippen LogP contribution >= 0.6 is 0 Å². The van der Waals surface area contributed by atoms with Gasteiger partial charge in [0.25, 0.3) is 0 Å². The van der Waals surface area contributed by atoms with Gasteiger partial charge in [-0.1, -0.05) is 6.08 Å². The first-order valence-corrected chi connectivity index (χ1v) is 4.80. The summed E-state index contributed by atoms with van der Waals surface area (Å²) in [5, 5.41) is 7.76. The molecule has 0 fully saturated rings. The molecule has 14 heavy (non-hydrogen) atoms. The molecule has 0 amide bonds. The number of hydrogen-bond donors (Lipinski definition) is 0. The van der Waals surface area contributed by atoms with E-state index >= 15 is 0 Å². The summed E-state index contributed by atoms with van der Waals surface area (Å²) in [5.41, 5.74) is 0.889. The van der Waals surface area contributed by atoms with Crippen LogP contribution in [0.4, 0.5) is 0 Å². The lowest BCUT2D eigenvalue weighted by Crippen LogP contribution is -2.09. The third kappa shape index (κ3) is 1.36. The molecule has 1 heterocycles. The van der Waals surface area contributed by atoms with E-state index < -0.39 is 0 Å². The fourth-order valence-corrected chi connectivity index (χ4v) is 1.63. The zero-order valence-corrected chi connectivity index (χ0v) is 8.45. The van der Waals surface area contributed by atoms with Crippen molar-refractivity contribution in [3.8, 4) is 0 Å². The van der Waals surface area contributed by atoms with Crippen molar-refractivity contribution in [3.63, 3.8) is 0 Å². The van der Waals surface area contributed by atoms with Gasteiger partial charge in [0.1, 0.15) is 5.82 Å².